The van der Waals surface area contributed by atoms with Crippen molar-refractivity contribution >= 4 is 21.8 Å². The Morgan fingerprint density at radius 3 is 2.88 bits per heavy atom. The topological polar surface area (TPSA) is 52.0 Å². The Morgan fingerprint density at radius 2 is 2.08 bits per heavy atom. The number of amides is 1. The number of morpholine rings is 1. The Labute approximate surface area is 162 Å². The van der Waals surface area contributed by atoms with Gasteiger partial charge in [0.2, 0.25) is 0 Å². The van der Waals surface area contributed by atoms with Gasteiger partial charge in [-0.15, -0.1) is 0 Å². The fraction of sp³-hybridized carbons (Fsp3) is 0.350. The van der Waals surface area contributed by atoms with Gasteiger partial charge in [0.15, 0.2) is 6.61 Å². The highest BCUT2D eigenvalue weighted by atomic mass is 79.9. The Morgan fingerprint density at radius 1 is 1.23 bits per heavy atom. The van der Waals surface area contributed by atoms with Gasteiger partial charge in [-0.1, -0.05) is 52.3 Å². The molecule has 1 fully saturated rings. The molecule has 1 unspecified atom stereocenters. The first-order chi connectivity index (χ1) is 12.7. The normalized spacial score (nSPS) is 19.7. The lowest BCUT2D eigenvalue weighted by Gasteiger charge is -2.30. The summed E-state index contributed by atoms with van der Waals surface area (Å²) in [5.74, 6) is 0.533. The van der Waals surface area contributed by atoms with Gasteiger partial charge in [-0.2, -0.15) is 0 Å². The minimum Gasteiger partial charge on any atom is -0.484 e. The van der Waals surface area contributed by atoms with Crippen LogP contribution in [-0.4, -0.2) is 44.9 Å². The molecule has 6 heteroatoms. The monoisotopic (exact) mass is 419 g/mol. The van der Waals surface area contributed by atoms with Gasteiger partial charge in [-0.05, 0) is 18.2 Å². The molecule has 1 aliphatic rings. The molecule has 0 aromatic heterocycles. The second-order valence-electron chi connectivity index (χ2n) is 6.41. The number of carbonyl (C=O) groups excluding carboxylic acids is 1. The average molecular weight is 420 g/mol. The summed E-state index contributed by atoms with van der Waals surface area (Å²) in [6, 6.07) is 17.9. The fourth-order valence-electron chi connectivity index (χ4n) is 3.01. The molecule has 5 nitrogen and oxygen atoms in total. The SMILES string of the molecule is O=C(COc1cccc(Br)c1)NC[C@H]1C[NH+](Cc2ccccc2)CCO1. The molecule has 0 spiro atoms. The standard InChI is InChI=1S/C20H23BrN2O3/c21-17-7-4-8-18(11-17)26-15-20(24)22-12-19-14-23(9-10-25-19)13-16-5-2-1-3-6-16/h1-8,11,19H,9-10,12-15H2,(H,22,24)/p+1/t19-/m0/s1. The Hall–Kier alpha value is -1.89. The lowest BCUT2D eigenvalue weighted by molar-refractivity contribution is -0.925. The van der Waals surface area contributed by atoms with Crippen molar-refractivity contribution in [2.24, 2.45) is 0 Å². The summed E-state index contributed by atoms with van der Waals surface area (Å²) in [7, 11) is 0. The first-order valence-corrected chi connectivity index (χ1v) is 9.62. The summed E-state index contributed by atoms with van der Waals surface area (Å²) < 4.78 is 12.2. The molecule has 138 valence electrons. The molecule has 2 N–H and O–H groups in total. The van der Waals surface area contributed by atoms with E-state index >= 15 is 0 Å². The maximum atomic E-state index is 12.0. The molecule has 1 aliphatic heterocycles. The fourth-order valence-corrected chi connectivity index (χ4v) is 3.39. The van der Waals surface area contributed by atoms with Gasteiger partial charge in [0.05, 0.1) is 6.61 Å². The van der Waals surface area contributed by atoms with E-state index in [1.165, 1.54) is 10.5 Å². The van der Waals surface area contributed by atoms with Gasteiger partial charge in [0.25, 0.3) is 5.91 Å². The minimum atomic E-state index is -0.135. The van der Waals surface area contributed by atoms with Gasteiger partial charge < -0.3 is 19.7 Å². The van der Waals surface area contributed by atoms with Gasteiger partial charge >= 0.3 is 0 Å². The third-order valence-corrected chi connectivity index (χ3v) is 4.81. The van der Waals surface area contributed by atoms with E-state index in [0.717, 1.165) is 30.7 Å². The van der Waals surface area contributed by atoms with Crippen LogP contribution in [0.1, 0.15) is 5.56 Å². The van der Waals surface area contributed by atoms with Crippen LogP contribution < -0.4 is 15.0 Å². The van der Waals surface area contributed by atoms with Crippen molar-refractivity contribution in [2.75, 3.05) is 32.8 Å². The molecule has 0 saturated carbocycles. The van der Waals surface area contributed by atoms with Gasteiger partial charge in [0.1, 0.15) is 31.5 Å². The van der Waals surface area contributed by atoms with Gasteiger partial charge in [-0.3, -0.25) is 4.79 Å². The van der Waals surface area contributed by atoms with Crippen LogP contribution in [0.15, 0.2) is 59.1 Å². The van der Waals surface area contributed by atoms with Crippen molar-refractivity contribution in [1.29, 1.82) is 0 Å². The van der Waals surface area contributed by atoms with Crippen LogP contribution in [0.25, 0.3) is 0 Å². The zero-order valence-electron chi connectivity index (χ0n) is 14.6. The molecule has 3 rings (SSSR count). The van der Waals surface area contributed by atoms with E-state index in [-0.39, 0.29) is 18.6 Å². The lowest BCUT2D eigenvalue weighted by atomic mass is 10.2. The second-order valence-corrected chi connectivity index (χ2v) is 7.33. The van der Waals surface area contributed by atoms with Crippen LogP contribution in [-0.2, 0) is 16.1 Å². The number of benzene rings is 2. The summed E-state index contributed by atoms with van der Waals surface area (Å²) in [4.78, 5) is 13.5. The summed E-state index contributed by atoms with van der Waals surface area (Å²) in [5, 5.41) is 2.91. The van der Waals surface area contributed by atoms with E-state index in [2.05, 4.69) is 45.5 Å². The third kappa shape index (κ3) is 6.12. The van der Waals surface area contributed by atoms with Crippen molar-refractivity contribution in [1.82, 2.24) is 5.32 Å². The van der Waals surface area contributed by atoms with Crippen molar-refractivity contribution < 1.29 is 19.2 Å². The molecular weight excluding hydrogens is 396 g/mol. The number of rotatable bonds is 7. The molecule has 2 aromatic rings. The first-order valence-electron chi connectivity index (χ1n) is 8.83. The molecule has 26 heavy (non-hydrogen) atoms. The first kappa shape index (κ1) is 18.9. The van der Waals surface area contributed by atoms with E-state index in [9.17, 15) is 4.79 Å². The molecule has 2 aromatic carbocycles. The molecule has 1 amide bonds. The summed E-state index contributed by atoms with van der Waals surface area (Å²) >= 11 is 3.38. The Kier molecular flexibility index (Phi) is 7.05. The van der Waals surface area contributed by atoms with E-state index in [0.29, 0.717) is 12.3 Å². The van der Waals surface area contributed by atoms with Crippen molar-refractivity contribution in [3.05, 3.63) is 64.6 Å². The van der Waals surface area contributed by atoms with Crippen molar-refractivity contribution in [2.45, 2.75) is 12.6 Å². The summed E-state index contributed by atoms with van der Waals surface area (Å²) in [6.07, 6.45) is 0.0391. The quantitative estimate of drug-likeness (QED) is 0.713. The lowest BCUT2D eigenvalue weighted by Crippen LogP contribution is -3.13. The Bertz CT molecular complexity index is 711. The number of carbonyl (C=O) groups is 1. The molecule has 1 heterocycles. The Balaban J connectivity index is 1.39. The maximum absolute atomic E-state index is 12.0. The molecule has 0 radical (unpaired) electrons. The largest absolute Gasteiger partial charge is 0.484 e. The van der Waals surface area contributed by atoms with Crippen molar-refractivity contribution in [3.63, 3.8) is 0 Å². The molecule has 0 aliphatic carbocycles. The molecular formula is C20H24BrN2O3+. The van der Waals surface area contributed by atoms with E-state index < -0.39 is 0 Å². The highest BCUT2D eigenvalue weighted by molar-refractivity contribution is 9.10. The molecule has 2 atom stereocenters. The predicted octanol–water partition coefficient (Wildman–Crippen LogP) is 1.43. The molecule has 0 bridgehead atoms. The number of quaternary nitrogens is 1. The zero-order valence-corrected chi connectivity index (χ0v) is 16.2. The smallest absolute Gasteiger partial charge is 0.258 e. The third-order valence-electron chi connectivity index (χ3n) is 4.32. The van der Waals surface area contributed by atoms with E-state index in [1.807, 2.05) is 30.3 Å². The van der Waals surface area contributed by atoms with E-state index in [1.54, 1.807) is 0 Å². The zero-order chi connectivity index (χ0) is 18.2. The van der Waals surface area contributed by atoms with Crippen LogP contribution in [0.5, 0.6) is 5.75 Å². The number of hydrogen-bond donors (Lipinski definition) is 2. The highest BCUT2D eigenvalue weighted by Crippen LogP contribution is 2.17. The highest BCUT2D eigenvalue weighted by Gasteiger charge is 2.24. The van der Waals surface area contributed by atoms with Crippen LogP contribution in [0, 0.1) is 0 Å². The number of nitrogens with one attached hydrogen (secondary N) is 2. The van der Waals surface area contributed by atoms with E-state index in [4.69, 9.17) is 9.47 Å². The van der Waals surface area contributed by atoms with Crippen LogP contribution in [0.3, 0.4) is 0 Å². The predicted molar refractivity (Wildman–Crippen MR) is 103 cm³/mol. The number of halogens is 1. The maximum Gasteiger partial charge on any atom is 0.258 e. The van der Waals surface area contributed by atoms with Crippen molar-refractivity contribution in [3.8, 4) is 5.75 Å². The van der Waals surface area contributed by atoms with Gasteiger partial charge in [-0.25, -0.2) is 0 Å². The second kappa shape index (κ2) is 9.71. The summed E-state index contributed by atoms with van der Waals surface area (Å²) in [6.45, 7) is 4.10. The van der Waals surface area contributed by atoms with Crippen LogP contribution >= 0.6 is 15.9 Å². The molecule has 1 saturated heterocycles. The average Bonchev–Trinajstić information content (AvgIpc) is 2.66. The number of hydrogen-bond acceptors (Lipinski definition) is 3. The summed E-state index contributed by atoms with van der Waals surface area (Å²) in [5.41, 5.74) is 1.33. The number of ether oxygens (including phenoxy) is 2. The minimum absolute atomic E-state index is 0.00373. The van der Waals surface area contributed by atoms with Crippen LogP contribution in [0.2, 0.25) is 0 Å². The van der Waals surface area contributed by atoms with Crippen LogP contribution in [0.4, 0.5) is 0 Å². The van der Waals surface area contributed by atoms with Gasteiger partial charge in [0, 0.05) is 16.6 Å².